The summed E-state index contributed by atoms with van der Waals surface area (Å²) in [4.78, 5) is 14.0. The van der Waals surface area contributed by atoms with Gasteiger partial charge in [0.2, 0.25) is 5.91 Å². The minimum atomic E-state index is 0.0440. The summed E-state index contributed by atoms with van der Waals surface area (Å²) in [6.45, 7) is 7.42. The molecule has 1 aromatic heterocycles. The monoisotopic (exact) mass is 300 g/mol. The summed E-state index contributed by atoms with van der Waals surface area (Å²) in [6.07, 6.45) is 2.17. The standard InChI is InChI=1S/C13H21ClN4O2/c1-11-12(14)10-18(16-11)4-2-13(19)15-3-5-17-6-8-20-9-7-17/h10H,2-9H2,1H3,(H,15,19). The summed E-state index contributed by atoms with van der Waals surface area (Å²) in [6, 6.07) is 0. The number of carbonyl (C=O) groups is 1. The maximum absolute atomic E-state index is 11.7. The van der Waals surface area contributed by atoms with Crippen molar-refractivity contribution >= 4 is 17.5 Å². The Morgan fingerprint density at radius 2 is 2.20 bits per heavy atom. The molecule has 1 amide bonds. The van der Waals surface area contributed by atoms with Crippen molar-refractivity contribution in [2.24, 2.45) is 0 Å². The molecule has 1 saturated heterocycles. The molecule has 2 rings (SSSR count). The van der Waals surface area contributed by atoms with E-state index >= 15 is 0 Å². The van der Waals surface area contributed by atoms with Gasteiger partial charge in [0.25, 0.3) is 0 Å². The van der Waals surface area contributed by atoms with Crippen LogP contribution in [0.15, 0.2) is 6.20 Å². The molecular weight excluding hydrogens is 280 g/mol. The molecule has 0 aromatic carbocycles. The van der Waals surface area contributed by atoms with Crippen LogP contribution in [-0.2, 0) is 16.1 Å². The van der Waals surface area contributed by atoms with Crippen LogP contribution in [-0.4, -0.2) is 60.0 Å². The quantitative estimate of drug-likeness (QED) is 0.839. The second-order valence-electron chi connectivity index (χ2n) is 4.88. The van der Waals surface area contributed by atoms with E-state index in [0.717, 1.165) is 38.5 Å². The second kappa shape index (κ2) is 7.61. The normalized spacial score (nSPS) is 16.3. The zero-order valence-corrected chi connectivity index (χ0v) is 12.5. The molecule has 112 valence electrons. The zero-order valence-electron chi connectivity index (χ0n) is 11.8. The fourth-order valence-electron chi connectivity index (χ4n) is 2.09. The number of morpholine rings is 1. The van der Waals surface area contributed by atoms with E-state index in [4.69, 9.17) is 16.3 Å². The van der Waals surface area contributed by atoms with Crippen molar-refractivity contribution in [2.75, 3.05) is 39.4 Å². The minimum absolute atomic E-state index is 0.0440. The van der Waals surface area contributed by atoms with Crippen molar-refractivity contribution in [3.8, 4) is 0 Å². The average Bonchev–Trinajstić information content (AvgIpc) is 2.77. The molecule has 0 unspecified atom stereocenters. The Kier molecular flexibility index (Phi) is 5.82. The van der Waals surface area contributed by atoms with E-state index in [1.165, 1.54) is 0 Å². The van der Waals surface area contributed by atoms with Crippen LogP contribution in [0.1, 0.15) is 12.1 Å². The number of hydrogen-bond acceptors (Lipinski definition) is 4. The zero-order chi connectivity index (χ0) is 14.4. The number of halogens is 1. The third kappa shape index (κ3) is 4.77. The molecule has 2 heterocycles. The van der Waals surface area contributed by atoms with Crippen LogP contribution in [0.4, 0.5) is 0 Å². The Hall–Kier alpha value is -1.11. The van der Waals surface area contributed by atoms with Crippen LogP contribution in [0.2, 0.25) is 5.02 Å². The molecule has 1 aromatic rings. The molecule has 0 saturated carbocycles. The first kappa shape index (κ1) is 15.3. The van der Waals surface area contributed by atoms with Crippen molar-refractivity contribution in [3.05, 3.63) is 16.9 Å². The summed E-state index contributed by atoms with van der Waals surface area (Å²) in [5.74, 6) is 0.0440. The Balaban J connectivity index is 1.60. The third-order valence-corrected chi connectivity index (χ3v) is 3.68. The van der Waals surface area contributed by atoms with Gasteiger partial charge >= 0.3 is 0 Å². The van der Waals surface area contributed by atoms with E-state index in [-0.39, 0.29) is 5.91 Å². The lowest BCUT2D eigenvalue weighted by molar-refractivity contribution is -0.121. The molecule has 0 radical (unpaired) electrons. The summed E-state index contributed by atoms with van der Waals surface area (Å²) in [7, 11) is 0. The molecule has 7 heteroatoms. The molecular formula is C13H21ClN4O2. The van der Waals surface area contributed by atoms with Crippen LogP contribution in [0, 0.1) is 6.92 Å². The Bertz CT molecular complexity index is 424. The van der Waals surface area contributed by atoms with E-state index in [1.54, 1.807) is 10.9 Å². The number of nitrogens with zero attached hydrogens (tertiary/aromatic N) is 3. The third-order valence-electron chi connectivity index (χ3n) is 3.31. The number of rotatable bonds is 6. The first-order valence-electron chi connectivity index (χ1n) is 6.91. The van der Waals surface area contributed by atoms with Gasteiger partial charge in [0.05, 0.1) is 23.9 Å². The number of hydrogen-bond donors (Lipinski definition) is 1. The number of aryl methyl sites for hydroxylation is 2. The topological polar surface area (TPSA) is 59.4 Å². The predicted octanol–water partition coefficient (Wildman–Crippen LogP) is 0.683. The molecule has 1 aliphatic heterocycles. The Labute approximate surface area is 124 Å². The highest BCUT2D eigenvalue weighted by Crippen LogP contribution is 2.11. The van der Waals surface area contributed by atoms with Gasteiger partial charge in [-0.2, -0.15) is 5.10 Å². The highest BCUT2D eigenvalue weighted by atomic mass is 35.5. The fraction of sp³-hybridized carbons (Fsp3) is 0.692. The summed E-state index contributed by atoms with van der Waals surface area (Å²) < 4.78 is 6.98. The van der Waals surface area contributed by atoms with E-state index < -0.39 is 0 Å². The van der Waals surface area contributed by atoms with Gasteiger partial charge in [-0.15, -0.1) is 0 Å². The van der Waals surface area contributed by atoms with Crippen LogP contribution < -0.4 is 5.32 Å². The lowest BCUT2D eigenvalue weighted by atomic mass is 10.3. The molecule has 0 aliphatic carbocycles. The summed E-state index contributed by atoms with van der Waals surface area (Å²) >= 11 is 5.91. The molecule has 1 N–H and O–H groups in total. The van der Waals surface area contributed by atoms with Gasteiger partial charge in [0.15, 0.2) is 0 Å². The lowest BCUT2D eigenvalue weighted by Crippen LogP contribution is -2.41. The first-order valence-corrected chi connectivity index (χ1v) is 7.29. The van der Waals surface area contributed by atoms with E-state index in [2.05, 4.69) is 15.3 Å². The number of ether oxygens (including phenoxy) is 1. The minimum Gasteiger partial charge on any atom is -0.379 e. The maximum Gasteiger partial charge on any atom is 0.221 e. The van der Waals surface area contributed by atoms with E-state index in [1.807, 2.05) is 6.92 Å². The number of aromatic nitrogens is 2. The fourth-order valence-corrected chi connectivity index (χ4v) is 2.24. The summed E-state index contributed by atoms with van der Waals surface area (Å²) in [5.41, 5.74) is 0.791. The van der Waals surface area contributed by atoms with Gasteiger partial charge in [-0.1, -0.05) is 11.6 Å². The predicted molar refractivity (Wildman–Crippen MR) is 76.9 cm³/mol. The highest BCUT2D eigenvalue weighted by molar-refractivity contribution is 6.31. The van der Waals surface area contributed by atoms with E-state index in [9.17, 15) is 4.79 Å². The van der Waals surface area contributed by atoms with Gasteiger partial charge in [-0.25, -0.2) is 0 Å². The smallest absolute Gasteiger partial charge is 0.221 e. The van der Waals surface area contributed by atoms with Crippen LogP contribution in [0.3, 0.4) is 0 Å². The number of carbonyl (C=O) groups excluding carboxylic acids is 1. The first-order chi connectivity index (χ1) is 9.65. The van der Waals surface area contributed by atoms with Crippen molar-refractivity contribution in [1.29, 1.82) is 0 Å². The Morgan fingerprint density at radius 3 is 2.85 bits per heavy atom. The van der Waals surface area contributed by atoms with Crippen molar-refractivity contribution in [1.82, 2.24) is 20.0 Å². The van der Waals surface area contributed by atoms with Crippen LogP contribution >= 0.6 is 11.6 Å². The Morgan fingerprint density at radius 1 is 1.45 bits per heavy atom. The molecule has 0 spiro atoms. The number of amides is 1. The second-order valence-corrected chi connectivity index (χ2v) is 5.29. The molecule has 1 fully saturated rings. The van der Waals surface area contributed by atoms with Gasteiger partial charge in [-0.05, 0) is 6.92 Å². The summed E-state index contributed by atoms with van der Waals surface area (Å²) in [5, 5.41) is 7.78. The SMILES string of the molecule is Cc1nn(CCC(=O)NCCN2CCOCC2)cc1Cl. The van der Waals surface area contributed by atoms with Gasteiger partial charge in [0.1, 0.15) is 0 Å². The lowest BCUT2D eigenvalue weighted by Gasteiger charge is -2.26. The van der Waals surface area contributed by atoms with Crippen LogP contribution in [0.25, 0.3) is 0 Å². The maximum atomic E-state index is 11.7. The molecule has 20 heavy (non-hydrogen) atoms. The molecule has 0 bridgehead atoms. The number of nitrogens with one attached hydrogen (secondary N) is 1. The van der Waals surface area contributed by atoms with Gasteiger partial charge in [-0.3, -0.25) is 14.4 Å². The molecule has 0 atom stereocenters. The van der Waals surface area contributed by atoms with Crippen molar-refractivity contribution in [3.63, 3.8) is 0 Å². The molecule has 6 nitrogen and oxygen atoms in total. The van der Waals surface area contributed by atoms with Gasteiger partial charge in [0, 0.05) is 45.3 Å². The average molecular weight is 301 g/mol. The van der Waals surface area contributed by atoms with Crippen molar-refractivity contribution < 1.29 is 9.53 Å². The van der Waals surface area contributed by atoms with Crippen LogP contribution in [0.5, 0.6) is 0 Å². The largest absolute Gasteiger partial charge is 0.379 e. The van der Waals surface area contributed by atoms with E-state index in [0.29, 0.717) is 24.5 Å². The van der Waals surface area contributed by atoms with Crippen molar-refractivity contribution in [2.45, 2.75) is 19.9 Å². The molecule has 1 aliphatic rings. The van der Waals surface area contributed by atoms with Gasteiger partial charge < -0.3 is 10.1 Å². The highest BCUT2D eigenvalue weighted by Gasteiger charge is 2.10.